The van der Waals surface area contributed by atoms with Crippen LogP contribution in [-0.4, -0.2) is 36.5 Å². The zero-order chi connectivity index (χ0) is 11.4. The summed E-state index contributed by atoms with van der Waals surface area (Å²) in [5.41, 5.74) is 5.25. The maximum Gasteiger partial charge on any atom is 0.390 e. The lowest BCUT2D eigenvalue weighted by Gasteiger charge is -2.26. The zero-order valence-corrected chi connectivity index (χ0v) is 8.36. The van der Waals surface area contributed by atoms with Gasteiger partial charge in [-0.15, -0.1) is 0 Å². The van der Waals surface area contributed by atoms with E-state index in [0.29, 0.717) is 6.42 Å². The van der Waals surface area contributed by atoms with Crippen LogP contribution in [0.15, 0.2) is 0 Å². The van der Waals surface area contributed by atoms with Crippen molar-refractivity contribution in [1.82, 2.24) is 4.90 Å². The van der Waals surface area contributed by atoms with Gasteiger partial charge in [0, 0.05) is 6.54 Å². The summed E-state index contributed by atoms with van der Waals surface area (Å²) in [7, 11) is 1.54. The molecule has 0 saturated carbocycles. The van der Waals surface area contributed by atoms with Crippen LogP contribution in [0.4, 0.5) is 13.2 Å². The minimum absolute atomic E-state index is 0.0859. The van der Waals surface area contributed by atoms with E-state index >= 15 is 0 Å². The summed E-state index contributed by atoms with van der Waals surface area (Å²) in [6.45, 7) is 1.66. The highest BCUT2D eigenvalue weighted by Gasteiger charge is 2.28. The Labute approximate surface area is 81.6 Å². The Morgan fingerprint density at radius 2 is 2.00 bits per heavy atom. The van der Waals surface area contributed by atoms with Gasteiger partial charge in [0.25, 0.3) is 0 Å². The first-order chi connectivity index (χ1) is 6.28. The fourth-order valence-electron chi connectivity index (χ4n) is 1.23. The molecule has 0 rings (SSSR count). The molecule has 0 aromatic rings. The fraction of sp³-hybridized carbons (Fsp3) is 0.875. The van der Waals surface area contributed by atoms with Gasteiger partial charge in [-0.05, 0) is 13.5 Å². The van der Waals surface area contributed by atoms with E-state index in [1.54, 1.807) is 14.0 Å². The van der Waals surface area contributed by atoms with Crippen LogP contribution in [-0.2, 0) is 0 Å². The van der Waals surface area contributed by atoms with Crippen LogP contribution >= 0.6 is 0 Å². The largest absolute Gasteiger partial charge is 0.390 e. The smallest absolute Gasteiger partial charge is 0.386 e. The molecule has 14 heavy (non-hydrogen) atoms. The molecule has 0 aliphatic heterocycles. The van der Waals surface area contributed by atoms with Crippen molar-refractivity contribution < 1.29 is 13.2 Å². The van der Waals surface area contributed by atoms with Crippen molar-refractivity contribution in [2.24, 2.45) is 5.73 Å². The number of hydrogen-bond acceptors (Lipinski definition) is 2. The number of hydrogen-bond donors (Lipinski definition) is 2. The van der Waals surface area contributed by atoms with Gasteiger partial charge in [0.15, 0.2) is 0 Å². The zero-order valence-electron chi connectivity index (χ0n) is 8.36. The lowest BCUT2D eigenvalue weighted by Crippen LogP contribution is -2.42. The first-order valence-corrected chi connectivity index (χ1v) is 4.38. The summed E-state index contributed by atoms with van der Waals surface area (Å²) in [5, 5.41) is 7.17. The van der Waals surface area contributed by atoms with Gasteiger partial charge >= 0.3 is 6.18 Å². The Balaban J connectivity index is 4.05. The van der Waals surface area contributed by atoms with E-state index < -0.39 is 18.6 Å². The molecule has 0 radical (unpaired) electrons. The van der Waals surface area contributed by atoms with Crippen molar-refractivity contribution in [2.75, 3.05) is 13.6 Å². The second kappa shape index (κ2) is 5.19. The minimum atomic E-state index is -4.15. The van der Waals surface area contributed by atoms with E-state index in [9.17, 15) is 13.2 Å². The molecule has 84 valence electrons. The number of nitrogens with zero attached hydrogens (tertiary/aromatic N) is 1. The number of amidine groups is 1. The van der Waals surface area contributed by atoms with Crippen LogP contribution in [0.5, 0.6) is 0 Å². The maximum atomic E-state index is 11.9. The van der Waals surface area contributed by atoms with E-state index in [1.165, 1.54) is 4.90 Å². The molecule has 0 amide bonds. The van der Waals surface area contributed by atoms with Crippen LogP contribution in [0, 0.1) is 5.41 Å². The predicted molar refractivity (Wildman–Crippen MR) is 49.3 cm³/mol. The molecular formula is C8H16F3N3. The van der Waals surface area contributed by atoms with Crippen LogP contribution in [0.25, 0.3) is 0 Å². The van der Waals surface area contributed by atoms with Crippen molar-refractivity contribution in [3.63, 3.8) is 0 Å². The normalized spacial score (nSPS) is 14.4. The molecule has 0 saturated heterocycles. The Morgan fingerprint density at radius 3 is 2.29 bits per heavy atom. The van der Waals surface area contributed by atoms with Crippen molar-refractivity contribution in [3.05, 3.63) is 0 Å². The van der Waals surface area contributed by atoms with E-state index in [4.69, 9.17) is 11.1 Å². The highest BCUT2D eigenvalue weighted by atomic mass is 19.4. The maximum absolute atomic E-state index is 11.9. The van der Waals surface area contributed by atoms with Crippen molar-refractivity contribution in [3.8, 4) is 0 Å². The highest BCUT2D eigenvalue weighted by Crippen LogP contribution is 2.20. The van der Waals surface area contributed by atoms with Gasteiger partial charge in [0.1, 0.15) is 5.84 Å². The molecule has 0 fully saturated rings. The summed E-state index contributed by atoms with van der Waals surface area (Å²) in [6, 6.07) is -0.391. The standard InChI is InChI=1S/C8H16F3N3/c1-3-6(7(12)13)14(2)5-4-8(9,10)11/h6H,3-5H2,1-2H3,(H3,12,13). The molecule has 0 aromatic carbocycles. The average molecular weight is 211 g/mol. The second-order valence-corrected chi connectivity index (χ2v) is 3.23. The minimum Gasteiger partial charge on any atom is -0.386 e. The Hall–Kier alpha value is -0.780. The Kier molecular flexibility index (Phi) is 4.90. The molecule has 3 nitrogen and oxygen atoms in total. The van der Waals surface area contributed by atoms with Crippen LogP contribution in [0.1, 0.15) is 19.8 Å². The van der Waals surface area contributed by atoms with Gasteiger partial charge in [-0.2, -0.15) is 13.2 Å². The van der Waals surface area contributed by atoms with Crippen molar-refractivity contribution in [1.29, 1.82) is 5.41 Å². The first-order valence-electron chi connectivity index (χ1n) is 4.38. The summed E-state index contributed by atoms with van der Waals surface area (Å²) >= 11 is 0. The van der Waals surface area contributed by atoms with E-state index in [1.807, 2.05) is 0 Å². The summed E-state index contributed by atoms with van der Waals surface area (Å²) in [5.74, 6) is -0.0859. The van der Waals surface area contributed by atoms with Crippen LogP contribution < -0.4 is 5.73 Å². The number of rotatable bonds is 5. The van der Waals surface area contributed by atoms with Gasteiger partial charge in [-0.25, -0.2) is 0 Å². The predicted octanol–water partition coefficient (Wildman–Crippen LogP) is 1.59. The van der Waals surface area contributed by atoms with E-state index in [-0.39, 0.29) is 12.4 Å². The SMILES string of the molecule is CCC(C(=N)N)N(C)CCC(F)(F)F. The third-order valence-electron chi connectivity index (χ3n) is 2.03. The number of alkyl halides is 3. The molecule has 3 N–H and O–H groups in total. The fourth-order valence-corrected chi connectivity index (χ4v) is 1.23. The van der Waals surface area contributed by atoms with Crippen LogP contribution in [0.2, 0.25) is 0 Å². The van der Waals surface area contributed by atoms with E-state index in [2.05, 4.69) is 0 Å². The Morgan fingerprint density at radius 1 is 1.50 bits per heavy atom. The molecule has 0 aliphatic rings. The molecule has 0 bridgehead atoms. The Bertz CT molecular complexity index is 191. The monoisotopic (exact) mass is 211 g/mol. The molecule has 0 aromatic heterocycles. The number of nitrogens with two attached hydrogens (primary N) is 1. The summed E-state index contributed by atoms with van der Waals surface area (Å²) in [4.78, 5) is 1.45. The van der Waals surface area contributed by atoms with Gasteiger partial charge in [0.05, 0.1) is 12.5 Å². The summed E-state index contributed by atoms with van der Waals surface area (Å²) in [6.07, 6.45) is -4.47. The number of halogens is 3. The second-order valence-electron chi connectivity index (χ2n) is 3.23. The van der Waals surface area contributed by atoms with Gasteiger partial charge in [0.2, 0.25) is 0 Å². The number of nitrogens with one attached hydrogen (secondary N) is 1. The van der Waals surface area contributed by atoms with Gasteiger partial charge in [-0.3, -0.25) is 10.3 Å². The van der Waals surface area contributed by atoms with Gasteiger partial charge in [-0.1, -0.05) is 6.92 Å². The third-order valence-corrected chi connectivity index (χ3v) is 2.03. The molecule has 6 heteroatoms. The number of likely N-dealkylation sites (N-methyl/N-ethyl adjacent to an activating group) is 1. The highest BCUT2D eigenvalue weighted by molar-refractivity contribution is 5.82. The molecular weight excluding hydrogens is 195 g/mol. The lowest BCUT2D eigenvalue weighted by atomic mass is 10.2. The molecule has 1 atom stereocenters. The molecule has 0 heterocycles. The van der Waals surface area contributed by atoms with Gasteiger partial charge < -0.3 is 5.73 Å². The lowest BCUT2D eigenvalue weighted by molar-refractivity contribution is -0.137. The molecule has 0 spiro atoms. The topological polar surface area (TPSA) is 53.1 Å². The van der Waals surface area contributed by atoms with Crippen molar-refractivity contribution >= 4 is 5.84 Å². The molecule has 0 aliphatic carbocycles. The summed E-state index contributed by atoms with van der Waals surface area (Å²) < 4.78 is 35.6. The van der Waals surface area contributed by atoms with Crippen molar-refractivity contribution in [2.45, 2.75) is 32.0 Å². The first kappa shape index (κ1) is 13.2. The quantitative estimate of drug-likeness (QED) is 0.536. The molecule has 1 unspecified atom stereocenters. The van der Waals surface area contributed by atoms with Crippen LogP contribution in [0.3, 0.4) is 0 Å². The van der Waals surface area contributed by atoms with E-state index in [0.717, 1.165) is 0 Å². The third kappa shape index (κ3) is 5.06. The average Bonchev–Trinajstić information content (AvgIpc) is 2.00.